The van der Waals surface area contributed by atoms with Crippen molar-refractivity contribution in [3.05, 3.63) is 55.1 Å². The Labute approximate surface area is 353 Å². The molecule has 17 heteroatoms. The number of benzene rings is 1. The molecule has 1 aromatic rings. The Morgan fingerprint density at radius 3 is 1.48 bits per heavy atom. The monoisotopic (exact) mass is 885 g/mol. The summed E-state index contributed by atoms with van der Waals surface area (Å²) in [5.41, 5.74) is 1.04. The SMILES string of the molecule is C=CC(C[C@H](O[Si](C)(C)C(C)(C)C)C(=O)CN(C)O)OCc1ccc(OC)cc1.C=C[C@@H](O)C[C@H](O[Si](C)(C)C(C)(C)C)C(=O)CN(C)O.CC(=N)C(Cl)(Cl)Cl. The van der Waals surface area contributed by atoms with Crippen molar-refractivity contribution in [2.24, 2.45) is 0 Å². The number of rotatable bonds is 20. The van der Waals surface area contributed by atoms with Gasteiger partial charge in [0.1, 0.15) is 18.0 Å². The van der Waals surface area contributed by atoms with E-state index in [0.717, 1.165) is 21.4 Å². The predicted molar refractivity (Wildman–Crippen MR) is 234 cm³/mol. The Kier molecular flexibility index (Phi) is 25.5. The van der Waals surface area contributed by atoms with Gasteiger partial charge in [0.15, 0.2) is 28.2 Å². The van der Waals surface area contributed by atoms with E-state index in [9.17, 15) is 25.1 Å². The Bertz CT molecular complexity index is 1360. The van der Waals surface area contributed by atoms with E-state index in [0.29, 0.717) is 13.0 Å². The second-order valence-electron chi connectivity index (χ2n) is 16.6. The second kappa shape index (κ2) is 25.2. The third-order valence-corrected chi connectivity index (χ3v) is 19.3. The number of nitrogens with zero attached hydrogens (tertiary/aromatic N) is 2. The summed E-state index contributed by atoms with van der Waals surface area (Å²) in [6.07, 6.45) is 1.08. The quantitative estimate of drug-likeness (QED) is 0.0325. The molecule has 324 valence electrons. The maximum Gasteiger partial charge on any atom is 0.227 e. The Balaban J connectivity index is 0. The number of hydrogen-bond donors (Lipinski definition) is 4. The van der Waals surface area contributed by atoms with E-state index in [1.54, 1.807) is 13.2 Å². The zero-order valence-electron chi connectivity index (χ0n) is 36.0. The van der Waals surface area contributed by atoms with Crippen LogP contribution in [0.25, 0.3) is 0 Å². The van der Waals surface area contributed by atoms with Gasteiger partial charge in [-0.3, -0.25) is 9.59 Å². The Morgan fingerprint density at radius 1 is 0.821 bits per heavy atom. The molecule has 0 heterocycles. The summed E-state index contributed by atoms with van der Waals surface area (Å²) in [7, 11) is 0.175. The first-order valence-corrected chi connectivity index (χ1v) is 25.2. The van der Waals surface area contributed by atoms with Gasteiger partial charge in [0.05, 0.1) is 44.7 Å². The smallest absolute Gasteiger partial charge is 0.227 e. The number of halogens is 3. The number of ether oxygens (including phenoxy) is 2. The van der Waals surface area contributed by atoms with E-state index in [2.05, 4.69) is 80.9 Å². The van der Waals surface area contributed by atoms with Gasteiger partial charge in [0.2, 0.25) is 3.79 Å². The van der Waals surface area contributed by atoms with Crippen LogP contribution in [0, 0.1) is 5.41 Å². The molecule has 4 atom stereocenters. The van der Waals surface area contributed by atoms with Crippen LogP contribution in [0.5, 0.6) is 5.75 Å². The average Bonchev–Trinajstić information content (AvgIpc) is 3.04. The number of likely N-dealkylation sites (N-methyl/N-ethyl adjacent to an activating group) is 2. The number of nitrogens with one attached hydrogen (secondary N) is 1. The van der Waals surface area contributed by atoms with Crippen molar-refractivity contribution in [2.45, 2.75) is 132 Å². The van der Waals surface area contributed by atoms with Crippen LogP contribution in [0.4, 0.5) is 0 Å². The van der Waals surface area contributed by atoms with E-state index in [4.69, 9.17) is 58.5 Å². The highest BCUT2D eigenvalue weighted by Crippen LogP contribution is 2.39. The molecule has 0 amide bonds. The van der Waals surface area contributed by atoms with Crippen molar-refractivity contribution in [1.82, 2.24) is 10.1 Å². The van der Waals surface area contributed by atoms with Gasteiger partial charge in [-0.2, -0.15) is 10.1 Å². The molecule has 1 unspecified atom stereocenters. The fraction of sp³-hybridized carbons (Fsp3) is 0.667. The van der Waals surface area contributed by atoms with Crippen molar-refractivity contribution in [3.63, 3.8) is 0 Å². The number of methoxy groups -OCH3 is 1. The molecule has 0 aliphatic heterocycles. The largest absolute Gasteiger partial charge is 0.497 e. The van der Waals surface area contributed by atoms with Crippen LogP contribution in [0.1, 0.15) is 66.9 Å². The molecular formula is C39H70Cl3N3O9Si2. The number of carbonyl (C=O) groups is 2. The van der Waals surface area contributed by atoms with E-state index < -0.39 is 38.7 Å². The molecule has 1 rings (SSSR count). The number of hydrogen-bond acceptors (Lipinski definition) is 12. The zero-order valence-corrected chi connectivity index (χ0v) is 40.3. The fourth-order valence-electron chi connectivity index (χ4n) is 3.89. The van der Waals surface area contributed by atoms with Crippen molar-refractivity contribution >= 4 is 68.7 Å². The molecule has 0 aliphatic carbocycles. The third kappa shape index (κ3) is 23.2. The van der Waals surface area contributed by atoms with E-state index >= 15 is 0 Å². The number of carbonyl (C=O) groups excluding carboxylic acids is 2. The summed E-state index contributed by atoms with van der Waals surface area (Å²) in [6, 6.07) is 7.64. The highest BCUT2D eigenvalue weighted by molar-refractivity contribution is 6.76. The summed E-state index contributed by atoms with van der Waals surface area (Å²) in [6.45, 7) is 29.9. The lowest BCUT2D eigenvalue weighted by atomic mass is 10.1. The maximum absolute atomic E-state index is 12.7. The van der Waals surface area contributed by atoms with Crippen molar-refractivity contribution in [2.75, 3.05) is 34.3 Å². The molecule has 0 saturated heterocycles. The lowest BCUT2D eigenvalue weighted by Gasteiger charge is -2.39. The lowest BCUT2D eigenvalue weighted by Crippen LogP contribution is -2.48. The molecule has 0 fully saturated rings. The highest BCUT2D eigenvalue weighted by Gasteiger charge is 2.42. The zero-order chi connectivity index (χ0) is 44.5. The van der Waals surface area contributed by atoms with Crippen molar-refractivity contribution < 1.29 is 43.4 Å². The fourth-order valence-corrected chi connectivity index (χ4v) is 6.48. The molecule has 0 aromatic heterocycles. The van der Waals surface area contributed by atoms with Gasteiger partial charge in [0, 0.05) is 26.9 Å². The predicted octanol–water partition coefficient (Wildman–Crippen LogP) is 9.04. The number of Topliss-reactive ketones (excluding diaryl/α,β-unsaturated/α-hetero) is 2. The topological polar surface area (TPSA) is 162 Å². The van der Waals surface area contributed by atoms with E-state index in [1.807, 2.05) is 24.3 Å². The van der Waals surface area contributed by atoms with Crippen LogP contribution < -0.4 is 4.74 Å². The van der Waals surface area contributed by atoms with Gasteiger partial charge in [-0.05, 0) is 60.9 Å². The Hall–Kier alpha value is -1.51. The van der Waals surface area contributed by atoms with Crippen LogP contribution in [0.2, 0.25) is 36.3 Å². The van der Waals surface area contributed by atoms with Crippen LogP contribution in [-0.4, -0.2) is 122 Å². The number of hydroxylamine groups is 4. The minimum atomic E-state index is -2.18. The molecule has 12 nitrogen and oxygen atoms in total. The molecule has 0 radical (unpaired) electrons. The first kappa shape index (κ1) is 56.6. The van der Waals surface area contributed by atoms with Gasteiger partial charge in [-0.15, -0.1) is 13.2 Å². The average molecular weight is 888 g/mol. The summed E-state index contributed by atoms with van der Waals surface area (Å²) in [5, 5.41) is 36.8. The normalized spacial score (nSPS) is 14.7. The summed E-state index contributed by atoms with van der Waals surface area (Å²) < 4.78 is 22.1. The molecule has 0 spiro atoms. The molecule has 56 heavy (non-hydrogen) atoms. The minimum Gasteiger partial charge on any atom is -0.497 e. The number of alkyl halides is 3. The van der Waals surface area contributed by atoms with E-state index in [1.165, 1.54) is 27.1 Å². The van der Waals surface area contributed by atoms with Gasteiger partial charge < -0.3 is 39.3 Å². The van der Waals surface area contributed by atoms with Crippen LogP contribution in [0.15, 0.2) is 49.6 Å². The van der Waals surface area contributed by atoms with Gasteiger partial charge in [-0.1, -0.05) is 101 Å². The summed E-state index contributed by atoms with van der Waals surface area (Å²) in [5.74, 6) is 0.385. The standard InChI is InChI=1S/C22H37NO5Si.C14H29NO4Si.C3H4Cl3N/c1-9-18(27-16-17-10-12-19(26-6)13-11-17)14-21(20(24)15-23(5)25)28-29(7,8)22(2,3)4;1-8-11(16)9-13(12(17)10-15(5)18)19-20(6,7)14(2,3)4;1-2(7)3(4,5)6/h9-13,18,21,25H,1,14-16H2,2-8H3;8,11,13,16,18H,1,9-10H2,2-7H3;7H,1H3/t18?,21-;11-,13+;/m01./s1. The first-order chi connectivity index (χ1) is 25.2. The minimum absolute atomic E-state index is 0.0320. The number of aliphatic hydroxyl groups excluding tert-OH is 1. The molecule has 0 saturated carbocycles. The molecule has 0 aliphatic rings. The highest BCUT2D eigenvalue weighted by atomic mass is 35.6. The van der Waals surface area contributed by atoms with Gasteiger partial charge in [-0.25, -0.2) is 0 Å². The number of aliphatic hydroxyl groups is 1. The van der Waals surface area contributed by atoms with Crippen molar-refractivity contribution in [3.8, 4) is 5.75 Å². The molecule has 1 aromatic carbocycles. The molecule has 4 N–H and O–H groups in total. The molecular weight excluding hydrogens is 817 g/mol. The third-order valence-electron chi connectivity index (χ3n) is 9.46. The van der Waals surface area contributed by atoms with Crippen molar-refractivity contribution in [1.29, 1.82) is 5.41 Å². The second-order valence-corrected chi connectivity index (χ2v) is 28.4. The summed E-state index contributed by atoms with van der Waals surface area (Å²) in [4.78, 5) is 24.9. The van der Waals surface area contributed by atoms with Crippen LogP contribution in [0.3, 0.4) is 0 Å². The number of ketones is 2. The molecule has 0 bridgehead atoms. The van der Waals surface area contributed by atoms with Crippen LogP contribution >= 0.6 is 34.8 Å². The summed E-state index contributed by atoms with van der Waals surface area (Å²) >= 11 is 15.5. The lowest BCUT2D eigenvalue weighted by molar-refractivity contribution is -0.140. The first-order valence-electron chi connectivity index (χ1n) is 18.3. The van der Waals surface area contributed by atoms with Gasteiger partial charge in [0.25, 0.3) is 0 Å². The maximum atomic E-state index is 12.7. The van der Waals surface area contributed by atoms with Gasteiger partial charge >= 0.3 is 0 Å². The Morgan fingerprint density at radius 2 is 1.20 bits per heavy atom. The van der Waals surface area contributed by atoms with E-state index in [-0.39, 0.29) is 53.0 Å². The van der Waals surface area contributed by atoms with Crippen LogP contribution in [-0.2, 0) is 29.8 Å².